The fraction of sp³-hybridized carbons (Fsp3) is 0.812. The highest BCUT2D eigenvalue weighted by molar-refractivity contribution is 7.15. The van der Waals surface area contributed by atoms with Gasteiger partial charge in [0, 0.05) is 30.2 Å². The van der Waals surface area contributed by atoms with Crippen LogP contribution in [0, 0.1) is 11.8 Å². The molecule has 0 aromatic carbocycles. The minimum Gasteiger partial charge on any atom is -0.345 e. The zero-order chi connectivity index (χ0) is 13.9. The summed E-state index contributed by atoms with van der Waals surface area (Å²) in [5.41, 5.74) is 0. The van der Waals surface area contributed by atoms with Crippen molar-refractivity contribution in [2.75, 3.05) is 18.0 Å². The topological polar surface area (TPSA) is 28.2 Å². The molecule has 112 valence electrons. The number of aromatic nitrogens is 1. The van der Waals surface area contributed by atoms with Gasteiger partial charge in [0.1, 0.15) is 0 Å². The smallest absolute Gasteiger partial charge is 0.185 e. The number of hydrogen-bond acceptors (Lipinski definition) is 4. The number of nitrogens with zero attached hydrogens (tertiary/aromatic N) is 2. The molecule has 1 aliphatic heterocycles. The zero-order valence-corrected chi connectivity index (χ0v) is 13.6. The second-order valence-electron chi connectivity index (χ2n) is 6.73. The van der Waals surface area contributed by atoms with Gasteiger partial charge in [0.15, 0.2) is 5.13 Å². The van der Waals surface area contributed by atoms with Crippen LogP contribution >= 0.6 is 11.3 Å². The van der Waals surface area contributed by atoms with Gasteiger partial charge in [0.05, 0.1) is 0 Å². The first kappa shape index (κ1) is 14.3. The number of rotatable bonds is 5. The van der Waals surface area contributed by atoms with Gasteiger partial charge >= 0.3 is 0 Å². The average molecular weight is 293 g/mol. The molecule has 1 N–H and O–H groups in total. The minimum absolute atomic E-state index is 0.712. The molecule has 0 amide bonds. The number of fused-ring (bicyclic) bond motifs is 1. The predicted octanol–water partition coefficient (Wildman–Crippen LogP) is 3.66. The van der Waals surface area contributed by atoms with Crippen LogP contribution in [0.5, 0.6) is 0 Å². The van der Waals surface area contributed by atoms with Crippen LogP contribution in [-0.4, -0.2) is 24.1 Å². The molecular formula is C16H27N3S. The van der Waals surface area contributed by atoms with Crippen molar-refractivity contribution >= 4 is 16.5 Å². The summed E-state index contributed by atoms with van der Waals surface area (Å²) in [4.78, 5) is 8.66. The molecule has 1 saturated carbocycles. The normalized spacial score (nSPS) is 26.2. The van der Waals surface area contributed by atoms with Crippen LogP contribution in [-0.2, 0) is 6.54 Å². The lowest BCUT2D eigenvalue weighted by molar-refractivity contribution is 0.342. The van der Waals surface area contributed by atoms with E-state index in [0.717, 1.165) is 25.0 Å². The summed E-state index contributed by atoms with van der Waals surface area (Å²) in [6.45, 7) is 7.78. The van der Waals surface area contributed by atoms with Crippen LogP contribution in [0.4, 0.5) is 5.13 Å². The quantitative estimate of drug-likeness (QED) is 0.898. The van der Waals surface area contributed by atoms with Gasteiger partial charge in [-0.3, -0.25) is 0 Å². The van der Waals surface area contributed by atoms with E-state index in [9.17, 15) is 0 Å². The molecule has 0 radical (unpaired) electrons. The van der Waals surface area contributed by atoms with Crippen LogP contribution in [0.3, 0.4) is 0 Å². The third-order valence-electron chi connectivity index (χ3n) is 4.65. The summed E-state index contributed by atoms with van der Waals surface area (Å²) in [6, 6.07) is 0.784. The van der Waals surface area contributed by atoms with E-state index in [1.165, 1.54) is 48.7 Å². The Labute approximate surface area is 126 Å². The van der Waals surface area contributed by atoms with Gasteiger partial charge in [0.2, 0.25) is 0 Å². The molecule has 0 bridgehead atoms. The maximum absolute atomic E-state index is 4.69. The lowest BCUT2D eigenvalue weighted by Gasteiger charge is -2.31. The average Bonchev–Trinajstić information content (AvgIpc) is 3.04. The molecule has 2 fully saturated rings. The number of anilines is 1. The Morgan fingerprint density at radius 2 is 2.20 bits per heavy atom. The van der Waals surface area contributed by atoms with Crippen molar-refractivity contribution < 1.29 is 0 Å². The molecule has 1 aromatic heterocycles. The molecule has 1 saturated heterocycles. The maximum atomic E-state index is 4.69. The van der Waals surface area contributed by atoms with E-state index >= 15 is 0 Å². The molecule has 2 unspecified atom stereocenters. The number of nitrogens with one attached hydrogen (secondary N) is 1. The monoisotopic (exact) mass is 293 g/mol. The first-order valence-electron chi connectivity index (χ1n) is 8.16. The summed E-state index contributed by atoms with van der Waals surface area (Å²) in [7, 11) is 0. The van der Waals surface area contributed by atoms with Crippen molar-refractivity contribution in [3.8, 4) is 0 Å². The highest BCUT2D eigenvalue weighted by Gasteiger charge is 2.36. The Kier molecular flexibility index (Phi) is 4.61. The van der Waals surface area contributed by atoms with E-state index in [2.05, 4.69) is 30.3 Å². The molecule has 3 nitrogen and oxygen atoms in total. The molecule has 1 aliphatic carbocycles. The van der Waals surface area contributed by atoms with Crippen molar-refractivity contribution in [1.29, 1.82) is 0 Å². The molecular weight excluding hydrogens is 266 g/mol. The fourth-order valence-corrected chi connectivity index (χ4v) is 4.60. The van der Waals surface area contributed by atoms with Crippen molar-refractivity contribution in [1.82, 2.24) is 10.3 Å². The van der Waals surface area contributed by atoms with Gasteiger partial charge in [-0.15, -0.1) is 11.3 Å². The van der Waals surface area contributed by atoms with Crippen molar-refractivity contribution in [2.24, 2.45) is 11.8 Å². The maximum Gasteiger partial charge on any atom is 0.185 e. The Morgan fingerprint density at radius 3 is 3.05 bits per heavy atom. The van der Waals surface area contributed by atoms with Crippen LogP contribution in [0.25, 0.3) is 0 Å². The lowest BCUT2D eigenvalue weighted by atomic mass is 9.85. The molecule has 4 heteroatoms. The van der Waals surface area contributed by atoms with Crippen molar-refractivity contribution in [3.05, 3.63) is 11.1 Å². The molecule has 3 rings (SSSR count). The Morgan fingerprint density at radius 1 is 1.35 bits per heavy atom. The van der Waals surface area contributed by atoms with Gasteiger partial charge in [-0.05, 0) is 37.6 Å². The second kappa shape index (κ2) is 6.44. The van der Waals surface area contributed by atoms with Gasteiger partial charge in [-0.1, -0.05) is 26.7 Å². The molecule has 1 aromatic rings. The van der Waals surface area contributed by atoms with Crippen LogP contribution < -0.4 is 10.2 Å². The van der Waals surface area contributed by atoms with Crippen molar-refractivity contribution in [3.63, 3.8) is 0 Å². The summed E-state index contributed by atoms with van der Waals surface area (Å²) < 4.78 is 0. The highest BCUT2D eigenvalue weighted by Crippen LogP contribution is 2.39. The second-order valence-corrected chi connectivity index (χ2v) is 7.82. The number of hydrogen-bond donors (Lipinski definition) is 1. The Balaban J connectivity index is 1.59. The van der Waals surface area contributed by atoms with Crippen LogP contribution in [0.1, 0.15) is 50.8 Å². The van der Waals surface area contributed by atoms with Crippen molar-refractivity contribution in [2.45, 2.75) is 58.5 Å². The Bertz CT molecular complexity index is 429. The molecule has 2 heterocycles. The minimum atomic E-state index is 0.712. The third kappa shape index (κ3) is 3.17. The summed E-state index contributed by atoms with van der Waals surface area (Å²) in [5, 5.41) is 4.78. The summed E-state index contributed by atoms with van der Waals surface area (Å²) in [6.07, 6.45) is 9.12. The van der Waals surface area contributed by atoms with Gasteiger partial charge < -0.3 is 10.2 Å². The zero-order valence-electron chi connectivity index (χ0n) is 12.8. The third-order valence-corrected chi connectivity index (χ3v) is 5.68. The standard InChI is InChI=1S/C16H27N3S/c1-12(2)9-17-10-14-11-18-16(20-14)19-8-7-13-5-3-4-6-15(13)19/h11-13,15,17H,3-10H2,1-2H3. The lowest BCUT2D eigenvalue weighted by Crippen LogP contribution is -2.34. The molecule has 2 aliphatic rings. The van der Waals surface area contributed by atoms with E-state index < -0.39 is 0 Å². The van der Waals surface area contributed by atoms with E-state index in [1.807, 2.05) is 11.3 Å². The summed E-state index contributed by atoms with van der Waals surface area (Å²) >= 11 is 1.89. The fourth-order valence-electron chi connectivity index (χ4n) is 3.64. The molecule has 20 heavy (non-hydrogen) atoms. The predicted molar refractivity (Wildman–Crippen MR) is 86.4 cm³/mol. The van der Waals surface area contributed by atoms with E-state index in [-0.39, 0.29) is 0 Å². The first-order chi connectivity index (χ1) is 9.74. The number of thiazole rings is 1. The largest absolute Gasteiger partial charge is 0.345 e. The SMILES string of the molecule is CC(C)CNCc1cnc(N2CCC3CCCCC32)s1. The van der Waals surface area contributed by atoms with E-state index in [1.54, 1.807) is 0 Å². The molecule has 2 atom stereocenters. The van der Waals surface area contributed by atoms with Gasteiger partial charge in [0.25, 0.3) is 0 Å². The Hall–Kier alpha value is -0.610. The van der Waals surface area contributed by atoms with Crippen LogP contribution in [0.2, 0.25) is 0 Å². The molecule has 0 spiro atoms. The first-order valence-corrected chi connectivity index (χ1v) is 8.97. The highest BCUT2D eigenvalue weighted by atomic mass is 32.1. The van der Waals surface area contributed by atoms with Crippen LogP contribution in [0.15, 0.2) is 6.20 Å². The summed E-state index contributed by atoms with van der Waals surface area (Å²) in [5.74, 6) is 1.65. The van der Waals surface area contributed by atoms with Gasteiger partial charge in [-0.25, -0.2) is 4.98 Å². The van der Waals surface area contributed by atoms with Gasteiger partial charge in [-0.2, -0.15) is 0 Å². The van der Waals surface area contributed by atoms with E-state index in [4.69, 9.17) is 4.98 Å². The van der Waals surface area contributed by atoms with E-state index in [0.29, 0.717) is 5.92 Å².